The molecule has 0 aromatic heterocycles. The van der Waals surface area contributed by atoms with Gasteiger partial charge in [-0.05, 0) is 19.4 Å². The van der Waals surface area contributed by atoms with Crippen molar-refractivity contribution in [2.45, 2.75) is 19.4 Å². The zero-order valence-corrected chi connectivity index (χ0v) is 8.59. The van der Waals surface area contributed by atoms with E-state index in [4.69, 9.17) is 5.73 Å². The fraction of sp³-hybridized carbons (Fsp3) is 0.333. The lowest BCUT2D eigenvalue weighted by Crippen LogP contribution is -2.28. The third-order valence-electron chi connectivity index (χ3n) is 1.52. The zero-order chi connectivity index (χ0) is 7.61. The van der Waals surface area contributed by atoms with E-state index in [1.165, 1.54) is 5.56 Å². The fourth-order valence-electron chi connectivity index (χ4n) is 0.868. The van der Waals surface area contributed by atoms with Gasteiger partial charge in [-0.3, -0.25) is 0 Å². The van der Waals surface area contributed by atoms with Gasteiger partial charge in [-0.2, -0.15) is 0 Å². The summed E-state index contributed by atoms with van der Waals surface area (Å²) in [6.45, 7) is 4.00. The first kappa shape index (κ1) is 10.7. The molecule has 0 aliphatic heterocycles. The van der Waals surface area contributed by atoms with Crippen LogP contribution < -0.4 is 5.73 Å². The van der Waals surface area contributed by atoms with E-state index in [0.29, 0.717) is 0 Å². The lowest BCUT2D eigenvalue weighted by Gasteiger charge is -2.18. The van der Waals surface area contributed by atoms with E-state index in [-0.39, 0.29) is 22.5 Å². The largest absolute Gasteiger partial charge is 0.322 e. The number of halogens is 1. The Morgan fingerprint density at radius 1 is 1.09 bits per heavy atom. The molecule has 1 aromatic rings. The van der Waals surface area contributed by atoms with Crippen LogP contribution in [-0.4, -0.2) is 0 Å². The molecule has 11 heavy (non-hydrogen) atoms. The van der Waals surface area contributed by atoms with Crippen LogP contribution in [0.5, 0.6) is 0 Å². The van der Waals surface area contributed by atoms with Gasteiger partial charge in [0.05, 0.1) is 0 Å². The maximum atomic E-state index is 5.86. The second-order valence-corrected chi connectivity index (χ2v) is 3.09. The molecular formula is C9H14BrN. The predicted octanol–water partition coefficient (Wildman–Crippen LogP) is 2.46. The van der Waals surface area contributed by atoms with Crippen molar-refractivity contribution < 1.29 is 0 Å². The molecule has 1 rings (SSSR count). The molecule has 0 radical (unpaired) electrons. The summed E-state index contributed by atoms with van der Waals surface area (Å²) in [5.74, 6) is 0. The predicted molar refractivity (Wildman–Crippen MR) is 54.0 cm³/mol. The van der Waals surface area contributed by atoms with Gasteiger partial charge in [0, 0.05) is 5.54 Å². The van der Waals surface area contributed by atoms with Gasteiger partial charge in [-0.25, -0.2) is 0 Å². The lowest BCUT2D eigenvalue weighted by molar-refractivity contribution is 0.554. The van der Waals surface area contributed by atoms with Crippen molar-refractivity contribution in [2.24, 2.45) is 5.73 Å². The van der Waals surface area contributed by atoms with Crippen LogP contribution in [0.15, 0.2) is 30.3 Å². The Morgan fingerprint density at radius 2 is 1.55 bits per heavy atom. The maximum absolute atomic E-state index is 5.86. The van der Waals surface area contributed by atoms with Crippen LogP contribution in [0.2, 0.25) is 0 Å². The number of nitrogens with two attached hydrogens (primary N) is 1. The van der Waals surface area contributed by atoms with Gasteiger partial charge in [0.2, 0.25) is 0 Å². The zero-order valence-electron chi connectivity index (χ0n) is 6.87. The van der Waals surface area contributed by atoms with Crippen LogP contribution in [0, 0.1) is 0 Å². The molecule has 62 valence electrons. The molecule has 0 aliphatic rings. The molecule has 0 amide bonds. The monoisotopic (exact) mass is 215 g/mol. The molecule has 0 fully saturated rings. The van der Waals surface area contributed by atoms with Crippen molar-refractivity contribution in [3.05, 3.63) is 35.9 Å². The highest BCUT2D eigenvalue weighted by Crippen LogP contribution is 2.14. The lowest BCUT2D eigenvalue weighted by atomic mass is 9.96. The van der Waals surface area contributed by atoms with Gasteiger partial charge in [0.25, 0.3) is 0 Å². The van der Waals surface area contributed by atoms with E-state index >= 15 is 0 Å². The minimum Gasteiger partial charge on any atom is -0.322 e. The Kier molecular flexibility index (Phi) is 3.76. The van der Waals surface area contributed by atoms with Crippen molar-refractivity contribution in [3.63, 3.8) is 0 Å². The maximum Gasteiger partial charge on any atom is 0.0352 e. The normalized spacial score (nSPS) is 10.5. The second-order valence-electron chi connectivity index (χ2n) is 3.09. The Labute approximate surface area is 78.4 Å². The van der Waals surface area contributed by atoms with E-state index in [2.05, 4.69) is 0 Å². The summed E-state index contributed by atoms with van der Waals surface area (Å²) in [4.78, 5) is 0. The highest BCUT2D eigenvalue weighted by Gasteiger charge is 2.11. The summed E-state index contributed by atoms with van der Waals surface area (Å²) in [5, 5.41) is 0. The standard InChI is InChI=1S/C9H13N.BrH/c1-9(2,10)8-6-4-3-5-7-8;/h3-7H,10H2,1-2H3;1H. The number of rotatable bonds is 1. The smallest absolute Gasteiger partial charge is 0.0352 e. The van der Waals surface area contributed by atoms with Crippen molar-refractivity contribution >= 4 is 17.0 Å². The minimum atomic E-state index is -0.207. The molecule has 1 aromatic carbocycles. The molecule has 0 heterocycles. The summed E-state index contributed by atoms with van der Waals surface area (Å²) in [5.41, 5.74) is 6.83. The van der Waals surface area contributed by atoms with Crippen molar-refractivity contribution in [2.75, 3.05) is 0 Å². The Balaban J connectivity index is 0.000001000. The highest BCUT2D eigenvalue weighted by molar-refractivity contribution is 8.93. The fourth-order valence-corrected chi connectivity index (χ4v) is 0.868. The van der Waals surface area contributed by atoms with Crippen LogP contribution in [0.1, 0.15) is 19.4 Å². The van der Waals surface area contributed by atoms with Crippen LogP contribution in [0.25, 0.3) is 0 Å². The minimum absolute atomic E-state index is 0. The van der Waals surface area contributed by atoms with Gasteiger partial charge in [0.15, 0.2) is 0 Å². The molecule has 2 N–H and O–H groups in total. The van der Waals surface area contributed by atoms with Crippen LogP contribution in [0.4, 0.5) is 0 Å². The van der Waals surface area contributed by atoms with E-state index in [9.17, 15) is 0 Å². The third kappa shape index (κ3) is 3.04. The second kappa shape index (κ2) is 3.88. The van der Waals surface area contributed by atoms with Crippen molar-refractivity contribution in [1.82, 2.24) is 0 Å². The Bertz CT molecular complexity index is 201. The SMILES string of the molecule is Br.CC(C)(N)c1ccccc1. The summed E-state index contributed by atoms with van der Waals surface area (Å²) >= 11 is 0. The summed E-state index contributed by atoms with van der Waals surface area (Å²) in [7, 11) is 0. The van der Waals surface area contributed by atoms with Gasteiger partial charge >= 0.3 is 0 Å². The molecular weight excluding hydrogens is 202 g/mol. The average molecular weight is 216 g/mol. The molecule has 0 spiro atoms. The summed E-state index contributed by atoms with van der Waals surface area (Å²) < 4.78 is 0. The molecule has 0 unspecified atom stereocenters. The van der Waals surface area contributed by atoms with Crippen LogP contribution in [-0.2, 0) is 5.54 Å². The van der Waals surface area contributed by atoms with Crippen LogP contribution >= 0.6 is 17.0 Å². The molecule has 0 saturated heterocycles. The van der Waals surface area contributed by atoms with E-state index in [0.717, 1.165) is 0 Å². The Morgan fingerprint density at radius 3 is 1.82 bits per heavy atom. The van der Waals surface area contributed by atoms with Gasteiger partial charge < -0.3 is 5.73 Å². The molecule has 0 atom stereocenters. The molecule has 2 heteroatoms. The Hall–Kier alpha value is -0.340. The first-order valence-corrected chi connectivity index (χ1v) is 3.45. The summed E-state index contributed by atoms with van der Waals surface area (Å²) in [6.07, 6.45) is 0. The van der Waals surface area contributed by atoms with Crippen molar-refractivity contribution in [1.29, 1.82) is 0 Å². The average Bonchev–Trinajstić information content (AvgIpc) is 1.88. The van der Waals surface area contributed by atoms with Gasteiger partial charge in [0.1, 0.15) is 0 Å². The number of hydrogen-bond donors (Lipinski definition) is 1. The molecule has 1 nitrogen and oxygen atoms in total. The van der Waals surface area contributed by atoms with Crippen molar-refractivity contribution in [3.8, 4) is 0 Å². The van der Waals surface area contributed by atoms with E-state index in [1.807, 2.05) is 44.2 Å². The topological polar surface area (TPSA) is 26.0 Å². The first-order chi connectivity index (χ1) is 4.61. The van der Waals surface area contributed by atoms with E-state index < -0.39 is 0 Å². The molecule has 0 bridgehead atoms. The summed E-state index contributed by atoms with van der Waals surface area (Å²) in [6, 6.07) is 10.1. The molecule has 0 aliphatic carbocycles. The van der Waals surface area contributed by atoms with Gasteiger partial charge in [-0.1, -0.05) is 30.3 Å². The highest BCUT2D eigenvalue weighted by atomic mass is 79.9. The van der Waals surface area contributed by atoms with E-state index in [1.54, 1.807) is 0 Å². The molecule has 0 saturated carbocycles. The quantitative estimate of drug-likeness (QED) is 0.766. The third-order valence-corrected chi connectivity index (χ3v) is 1.52. The first-order valence-electron chi connectivity index (χ1n) is 3.45. The van der Waals surface area contributed by atoms with Gasteiger partial charge in [-0.15, -0.1) is 17.0 Å². The number of benzene rings is 1. The number of hydrogen-bond acceptors (Lipinski definition) is 1. The van der Waals surface area contributed by atoms with Crippen LogP contribution in [0.3, 0.4) is 0 Å².